The zero-order valence-electron chi connectivity index (χ0n) is 23.2. The molecule has 0 aliphatic carbocycles. The summed E-state index contributed by atoms with van der Waals surface area (Å²) in [4.78, 5) is 12.2. The molecular formula is C31H29F3N2O6S. The molecule has 1 fully saturated rings. The van der Waals surface area contributed by atoms with E-state index in [1.807, 2.05) is 0 Å². The molecular weight excluding hydrogens is 585 g/mol. The zero-order chi connectivity index (χ0) is 31.1. The standard InChI is InChI=1S/C31H29F3N2O6S/c1-18(2)15-27(39)35-21-7-3-20(4-8-21)29-28(19-5-11-23(37)12-6-19)25-16-26(30(29)42-25)43(40,41)36(17-31(32,33)34)22-9-13-24(38)14-10-22/h3-15,25-26,30,37-38H,16-17H2,1-2H3,(H,35,39)/t25-,26+,30+/m0/s1. The third-order valence-electron chi connectivity index (χ3n) is 7.20. The summed E-state index contributed by atoms with van der Waals surface area (Å²) in [5.41, 5.74) is 3.48. The zero-order valence-corrected chi connectivity index (χ0v) is 24.0. The van der Waals surface area contributed by atoms with Crippen molar-refractivity contribution in [3.8, 4) is 11.5 Å². The quantitative estimate of drug-likeness (QED) is 0.274. The summed E-state index contributed by atoms with van der Waals surface area (Å²) in [6.07, 6.45) is -5.33. The molecule has 5 rings (SSSR count). The van der Waals surface area contributed by atoms with Crippen molar-refractivity contribution in [1.82, 2.24) is 0 Å². The maximum absolute atomic E-state index is 14.0. The van der Waals surface area contributed by atoms with Gasteiger partial charge < -0.3 is 20.3 Å². The minimum Gasteiger partial charge on any atom is -0.508 e. The molecule has 2 aliphatic heterocycles. The van der Waals surface area contributed by atoms with E-state index in [0.717, 1.165) is 29.8 Å². The van der Waals surface area contributed by atoms with Gasteiger partial charge in [0.2, 0.25) is 15.9 Å². The fourth-order valence-corrected chi connectivity index (χ4v) is 7.45. The lowest BCUT2D eigenvalue weighted by atomic mass is 9.83. The summed E-state index contributed by atoms with van der Waals surface area (Å²) in [5, 5.41) is 20.9. The van der Waals surface area contributed by atoms with Gasteiger partial charge in [0.25, 0.3) is 0 Å². The molecule has 0 unspecified atom stereocenters. The van der Waals surface area contributed by atoms with Gasteiger partial charge in [0.15, 0.2) is 0 Å². The number of hydrogen-bond donors (Lipinski definition) is 3. The number of aromatic hydroxyl groups is 2. The molecule has 3 atom stereocenters. The Morgan fingerprint density at radius 2 is 1.47 bits per heavy atom. The third-order valence-corrected chi connectivity index (χ3v) is 9.36. The van der Waals surface area contributed by atoms with Gasteiger partial charge >= 0.3 is 6.18 Å². The maximum atomic E-state index is 14.0. The molecule has 226 valence electrons. The molecule has 1 amide bonds. The number of nitrogens with one attached hydrogen (secondary N) is 1. The SMILES string of the molecule is CC(C)=CC(=O)Nc1ccc(C2=C(c3ccc(O)cc3)[C@@H]3C[C@@H](S(=O)(=O)N(CC(F)(F)F)c4ccc(O)cc4)[C@H]2O3)cc1. The molecule has 3 N–H and O–H groups in total. The number of phenols is 2. The van der Waals surface area contributed by atoms with Crippen LogP contribution in [0.2, 0.25) is 0 Å². The van der Waals surface area contributed by atoms with Crippen LogP contribution in [0.15, 0.2) is 84.4 Å². The number of rotatable bonds is 8. The number of fused-ring (bicyclic) bond motifs is 2. The topological polar surface area (TPSA) is 116 Å². The first-order chi connectivity index (χ1) is 20.2. The van der Waals surface area contributed by atoms with Gasteiger partial charge in [-0.3, -0.25) is 9.10 Å². The number of carbonyl (C=O) groups excluding carboxylic acids is 1. The number of allylic oxidation sites excluding steroid dienone is 1. The number of alkyl halides is 3. The van der Waals surface area contributed by atoms with E-state index in [1.165, 1.54) is 18.2 Å². The molecule has 12 heteroatoms. The molecule has 0 radical (unpaired) electrons. The van der Waals surface area contributed by atoms with Gasteiger partial charge in [0, 0.05) is 11.8 Å². The van der Waals surface area contributed by atoms with Crippen molar-refractivity contribution in [2.75, 3.05) is 16.2 Å². The largest absolute Gasteiger partial charge is 0.508 e. The Hall–Kier alpha value is -4.29. The molecule has 3 aromatic rings. The minimum atomic E-state index is -4.84. The van der Waals surface area contributed by atoms with Gasteiger partial charge in [-0.2, -0.15) is 13.2 Å². The van der Waals surface area contributed by atoms with Crippen molar-refractivity contribution >= 4 is 38.5 Å². The average Bonchev–Trinajstić information content (AvgIpc) is 3.52. The number of ether oxygens (including phenoxy) is 1. The summed E-state index contributed by atoms with van der Waals surface area (Å²) in [6.45, 7) is 1.83. The Labute approximate surface area is 246 Å². The summed E-state index contributed by atoms with van der Waals surface area (Å²) < 4.78 is 75.5. The fraction of sp³-hybridized carbons (Fsp3) is 0.258. The van der Waals surface area contributed by atoms with Crippen LogP contribution in [0.4, 0.5) is 24.5 Å². The first-order valence-corrected chi connectivity index (χ1v) is 14.9. The monoisotopic (exact) mass is 614 g/mol. The molecule has 0 aromatic heterocycles. The van der Waals surface area contributed by atoms with Crippen LogP contribution in [0, 0.1) is 0 Å². The molecule has 2 bridgehead atoms. The van der Waals surface area contributed by atoms with E-state index in [2.05, 4.69) is 5.32 Å². The molecule has 8 nitrogen and oxygen atoms in total. The predicted molar refractivity (Wildman–Crippen MR) is 157 cm³/mol. The summed E-state index contributed by atoms with van der Waals surface area (Å²) >= 11 is 0. The van der Waals surface area contributed by atoms with E-state index >= 15 is 0 Å². The highest BCUT2D eigenvalue weighted by Crippen LogP contribution is 2.51. The van der Waals surface area contributed by atoms with E-state index in [4.69, 9.17) is 4.74 Å². The Balaban J connectivity index is 1.56. The number of sulfonamides is 1. The molecule has 2 heterocycles. The maximum Gasteiger partial charge on any atom is 0.407 e. The fourth-order valence-electron chi connectivity index (χ4n) is 5.45. The van der Waals surface area contributed by atoms with E-state index < -0.39 is 40.2 Å². The molecule has 0 saturated carbocycles. The van der Waals surface area contributed by atoms with Crippen LogP contribution in [-0.4, -0.2) is 54.7 Å². The van der Waals surface area contributed by atoms with Gasteiger partial charge in [-0.25, -0.2) is 8.42 Å². The Kier molecular flexibility index (Phi) is 8.01. The first-order valence-electron chi connectivity index (χ1n) is 13.4. The van der Waals surface area contributed by atoms with E-state index in [-0.39, 0.29) is 29.5 Å². The van der Waals surface area contributed by atoms with Crippen LogP contribution in [0.3, 0.4) is 0 Å². The van der Waals surface area contributed by atoms with E-state index in [0.29, 0.717) is 32.3 Å². The molecule has 43 heavy (non-hydrogen) atoms. The second-order valence-corrected chi connectivity index (χ2v) is 12.7. The summed E-state index contributed by atoms with van der Waals surface area (Å²) in [6, 6.07) is 17.5. The second kappa shape index (κ2) is 11.4. The third kappa shape index (κ3) is 6.40. The lowest BCUT2D eigenvalue weighted by molar-refractivity contribution is -0.117. The molecule has 1 saturated heterocycles. The molecule has 2 aliphatic rings. The lowest BCUT2D eigenvalue weighted by Gasteiger charge is -2.32. The van der Waals surface area contributed by atoms with Gasteiger partial charge in [-0.1, -0.05) is 29.8 Å². The van der Waals surface area contributed by atoms with Crippen molar-refractivity contribution in [1.29, 1.82) is 0 Å². The van der Waals surface area contributed by atoms with Crippen molar-refractivity contribution in [2.45, 2.75) is 43.9 Å². The number of hydrogen-bond acceptors (Lipinski definition) is 6. The average molecular weight is 615 g/mol. The van der Waals surface area contributed by atoms with E-state index in [9.17, 15) is 36.6 Å². The van der Waals surface area contributed by atoms with Crippen LogP contribution in [-0.2, 0) is 19.6 Å². The van der Waals surface area contributed by atoms with Gasteiger partial charge in [-0.05, 0) is 91.1 Å². The molecule has 3 aromatic carbocycles. The number of nitrogens with zero attached hydrogens (tertiary/aromatic N) is 1. The number of amides is 1. The van der Waals surface area contributed by atoms with E-state index in [1.54, 1.807) is 50.2 Å². The van der Waals surface area contributed by atoms with Gasteiger partial charge in [-0.15, -0.1) is 0 Å². The lowest BCUT2D eigenvalue weighted by Crippen LogP contribution is -2.47. The van der Waals surface area contributed by atoms with Crippen LogP contribution in [0.5, 0.6) is 11.5 Å². The highest BCUT2D eigenvalue weighted by molar-refractivity contribution is 7.93. The first kappa shape index (κ1) is 30.2. The number of phenolic OH excluding ortho intramolecular Hbond substituents is 2. The van der Waals surface area contributed by atoms with Crippen LogP contribution < -0.4 is 9.62 Å². The van der Waals surface area contributed by atoms with Gasteiger partial charge in [0.1, 0.15) is 29.4 Å². The highest BCUT2D eigenvalue weighted by atomic mass is 32.2. The Morgan fingerprint density at radius 3 is 2.02 bits per heavy atom. The number of anilines is 2. The highest BCUT2D eigenvalue weighted by Gasteiger charge is 2.55. The number of benzene rings is 3. The molecule has 0 spiro atoms. The smallest absolute Gasteiger partial charge is 0.407 e. The van der Waals surface area contributed by atoms with Gasteiger partial charge in [0.05, 0.1) is 11.8 Å². The number of carbonyl (C=O) groups is 1. The van der Waals surface area contributed by atoms with Crippen molar-refractivity contribution in [2.24, 2.45) is 0 Å². The number of halogens is 3. The van der Waals surface area contributed by atoms with Crippen LogP contribution in [0.1, 0.15) is 31.4 Å². The predicted octanol–water partition coefficient (Wildman–Crippen LogP) is 5.85. The normalized spacial score (nSPS) is 19.8. The van der Waals surface area contributed by atoms with Crippen molar-refractivity contribution < 1.29 is 41.3 Å². The Morgan fingerprint density at radius 1 is 0.930 bits per heavy atom. The van der Waals surface area contributed by atoms with Crippen molar-refractivity contribution in [3.05, 3.63) is 95.6 Å². The summed E-state index contributed by atoms with van der Waals surface area (Å²) in [7, 11) is -4.65. The summed E-state index contributed by atoms with van der Waals surface area (Å²) in [5.74, 6) is -0.505. The second-order valence-electron chi connectivity index (χ2n) is 10.7. The minimum absolute atomic E-state index is 0.0311. The Bertz CT molecular complexity index is 1680. The van der Waals surface area contributed by atoms with Crippen molar-refractivity contribution in [3.63, 3.8) is 0 Å². The van der Waals surface area contributed by atoms with Crippen LogP contribution >= 0.6 is 0 Å². The van der Waals surface area contributed by atoms with Crippen LogP contribution in [0.25, 0.3) is 11.1 Å².